The van der Waals surface area contributed by atoms with Gasteiger partial charge < -0.3 is 4.74 Å². The maximum absolute atomic E-state index is 12.6. The molecule has 0 unspecified atom stereocenters. The first-order valence-corrected chi connectivity index (χ1v) is 8.20. The summed E-state index contributed by atoms with van der Waals surface area (Å²) in [5.74, 6) is -0.168. The maximum Gasteiger partial charge on any atom is 0.410 e. The molecule has 1 atom stereocenters. The zero-order valence-electron chi connectivity index (χ0n) is 14.7. The second-order valence-electron chi connectivity index (χ2n) is 6.98. The lowest BCUT2D eigenvalue weighted by Gasteiger charge is -2.28. The fraction of sp³-hybridized carbons (Fsp3) is 0.647. The number of nitrogens with zero attached hydrogens (tertiary/aromatic N) is 2. The van der Waals surface area contributed by atoms with Crippen LogP contribution in [0.15, 0.2) is 12.3 Å². The van der Waals surface area contributed by atoms with Crippen LogP contribution in [0.25, 0.3) is 0 Å². The smallest absolute Gasteiger partial charge is 0.410 e. The van der Waals surface area contributed by atoms with Gasteiger partial charge in [0.25, 0.3) is 5.91 Å². The van der Waals surface area contributed by atoms with E-state index in [-0.39, 0.29) is 5.91 Å². The van der Waals surface area contributed by atoms with Crippen LogP contribution in [-0.2, 0) is 16.0 Å². The molecule has 6 heteroatoms. The van der Waals surface area contributed by atoms with Crippen molar-refractivity contribution in [3.05, 3.63) is 23.5 Å². The van der Waals surface area contributed by atoms with Gasteiger partial charge in [0, 0.05) is 18.4 Å². The molecule has 2 amide bonds. The van der Waals surface area contributed by atoms with E-state index in [1.54, 1.807) is 4.68 Å². The minimum atomic E-state index is -0.562. The Morgan fingerprint density at radius 2 is 2.09 bits per heavy atom. The van der Waals surface area contributed by atoms with Gasteiger partial charge in [-0.2, -0.15) is 0 Å². The predicted molar refractivity (Wildman–Crippen MR) is 88.9 cm³/mol. The summed E-state index contributed by atoms with van der Waals surface area (Å²) in [5.41, 5.74) is 4.55. The fourth-order valence-electron chi connectivity index (χ4n) is 2.89. The molecule has 1 aliphatic heterocycles. The fourth-order valence-corrected chi connectivity index (χ4v) is 2.89. The highest BCUT2D eigenvalue weighted by atomic mass is 16.6. The third kappa shape index (κ3) is 4.06. The molecule has 0 saturated carbocycles. The number of hydrogen-bond donors (Lipinski definition) is 1. The molecule has 0 aliphatic carbocycles. The lowest BCUT2D eigenvalue weighted by Crippen LogP contribution is -2.46. The highest BCUT2D eigenvalue weighted by molar-refractivity contribution is 5.91. The predicted octanol–water partition coefficient (Wildman–Crippen LogP) is 2.83. The van der Waals surface area contributed by atoms with E-state index in [4.69, 9.17) is 4.74 Å². The Balaban J connectivity index is 2.07. The maximum atomic E-state index is 12.6. The van der Waals surface area contributed by atoms with E-state index in [1.807, 2.05) is 46.9 Å². The van der Waals surface area contributed by atoms with Crippen molar-refractivity contribution in [1.82, 2.24) is 9.58 Å². The van der Waals surface area contributed by atoms with Crippen molar-refractivity contribution in [1.29, 1.82) is 0 Å². The van der Waals surface area contributed by atoms with E-state index in [0.717, 1.165) is 24.1 Å². The SMILES string of the molecule is CCc1c(C)ccn1NC(=O)[C@@H]1CCCN1C(=O)OC(C)(C)C. The van der Waals surface area contributed by atoms with Crippen LogP contribution < -0.4 is 5.43 Å². The molecule has 2 rings (SSSR count). The highest BCUT2D eigenvalue weighted by Crippen LogP contribution is 2.21. The molecule has 0 bridgehead atoms. The van der Waals surface area contributed by atoms with E-state index >= 15 is 0 Å². The monoisotopic (exact) mass is 321 g/mol. The van der Waals surface area contributed by atoms with Crippen molar-refractivity contribution in [2.24, 2.45) is 0 Å². The van der Waals surface area contributed by atoms with Crippen molar-refractivity contribution in [3.8, 4) is 0 Å². The highest BCUT2D eigenvalue weighted by Gasteiger charge is 2.36. The zero-order chi connectivity index (χ0) is 17.2. The Labute approximate surface area is 137 Å². The molecule has 1 aliphatic rings. The standard InChI is InChI=1S/C17H27N3O3/c1-6-13-12(2)9-11-20(13)18-15(21)14-8-7-10-19(14)16(22)23-17(3,4)5/h9,11,14H,6-8,10H2,1-5H3,(H,18,21)/t14-/m0/s1. The number of hydrogen-bond acceptors (Lipinski definition) is 3. The van der Waals surface area contributed by atoms with Crippen LogP contribution in [0.1, 0.15) is 51.8 Å². The van der Waals surface area contributed by atoms with Crippen molar-refractivity contribution in [3.63, 3.8) is 0 Å². The lowest BCUT2D eigenvalue weighted by atomic mass is 10.2. The third-order valence-corrected chi connectivity index (χ3v) is 3.97. The summed E-state index contributed by atoms with van der Waals surface area (Å²) in [7, 11) is 0. The van der Waals surface area contributed by atoms with Crippen LogP contribution in [0, 0.1) is 6.92 Å². The molecule has 1 aromatic rings. The molecule has 2 heterocycles. The Morgan fingerprint density at radius 3 is 2.70 bits per heavy atom. The summed E-state index contributed by atoms with van der Waals surface area (Å²) in [6, 6.07) is 1.50. The van der Waals surface area contributed by atoms with Gasteiger partial charge in [-0.05, 0) is 58.6 Å². The van der Waals surface area contributed by atoms with E-state index in [1.165, 1.54) is 4.90 Å². The number of likely N-dealkylation sites (tertiary alicyclic amines) is 1. The molecule has 0 radical (unpaired) electrons. The van der Waals surface area contributed by atoms with E-state index in [2.05, 4.69) is 5.43 Å². The molecule has 1 fully saturated rings. The molecule has 0 spiro atoms. The van der Waals surface area contributed by atoms with Gasteiger partial charge in [-0.3, -0.25) is 19.8 Å². The van der Waals surface area contributed by atoms with E-state index < -0.39 is 17.7 Å². The first-order valence-electron chi connectivity index (χ1n) is 8.20. The van der Waals surface area contributed by atoms with Crippen molar-refractivity contribution in [2.75, 3.05) is 12.0 Å². The number of aryl methyl sites for hydroxylation is 1. The van der Waals surface area contributed by atoms with Gasteiger partial charge in [-0.25, -0.2) is 4.79 Å². The second-order valence-corrected chi connectivity index (χ2v) is 6.98. The average molecular weight is 321 g/mol. The van der Waals surface area contributed by atoms with Crippen molar-refractivity contribution in [2.45, 2.75) is 65.5 Å². The van der Waals surface area contributed by atoms with Gasteiger partial charge >= 0.3 is 6.09 Å². The van der Waals surface area contributed by atoms with Crippen molar-refractivity contribution < 1.29 is 14.3 Å². The van der Waals surface area contributed by atoms with Crippen LogP contribution in [0.5, 0.6) is 0 Å². The molecule has 1 saturated heterocycles. The Hall–Kier alpha value is -1.98. The summed E-state index contributed by atoms with van der Waals surface area (Å²) in [6.07, 6.45) is 3.72. The largest absolute Gasteiger partial charge is 0.444 e. The number of ether oxygens (including phenoxy) is 1. The van der Waals surface area contributed by atoms with Gasteiger partial charge in [0.2, 0.25) is 0 Å². The lowest BCUT2D eigenvalue weighted by molar-refractivity contribution is -0.121. The van der Waals surface area contributed by atoms with Gasteiger partial charge in [-0.1, -0.05) is 6.92 Å². The van der Waals surface area contributed by atoms with Crippen LogP contribution in [-0.4, -0.2) is 39.8 Å². The van der Waals surface area contributed by atoms with E-state index in [9.17, 15) is 9.59 Å². The Bertz CT molecular complexity index is 586. The van der Waals surface area contributed by atoms with Crippen LogP contribution in [0.3, 0.4) is 0 Å². The first kappa shape index (κ1) is 17.4. The Kier molecular flexibility index (Phi) is 5.02. The quantitative estimate of drug-likeness (QED) is 0.931. The molecule has 1 aromatic heterocycles. The number of aromatic nitrogens is 1. The molecular weight excluding hydrogens is 294 g/mol. The topological polar surface area (TPSA) is 63.6 Å². The van der Waals surface area contributed by atoms with Gasteiger partial charge in [-0.15, -0.1) is 0 Å². The van der Waals surface area contributed by atoms with Gasteiger partial charge in [0.15, 0.2) is 0 Å². The number of carbonyl (C=O) groups excluding carboxylic acids is 2. The van der Waals surface area contributed by atoms with E-state index in [0.29, 0.717) is 13.0 Å². The van der Waals surface area contributed by atoms with Crippen LogP contribution in [0.2, 0.25) is 0 Å². The second kappa shape index (κ2) is 6.64. The molecular formula is C17H27N3O3. The normalized spacial score (nSPS) is 18.1. The average Bonchev–Trinajstić information content (AvgIpc) is 3.04. The molecule has 128 valence electrons. The molecule has 23 heavy (non-hydrogen) atoms. The number of nitrogens with one attached hydrogen (secondary N) is 1. The van der Waals surface area contributed by atoms with Crippen LogP contribution >= 0.6 is 0 Å². The molecule has 1 N–H and O–H groups in total. The number of rotatable bonds is 3. The summed E-state index contributed by atoms with van der Waals surface area (Å²) in [4.78, 5) is 26.4. The Morgan fingerprint density at radius 1 is 1.39 bits per heavy atom. The summed E-state index contributed by atoms with van der Waals surface area (Å²) < 4.78 is 7.15. The number of carbonyl (C=O) groups is 2. The van der Waals surface area contributed by atoms with Crippen molar-refractivity contribution >= 4 is 12.0 Å². The summed E-state index contributed by atoms with van der Waals surface area (Å²) in [6.45, 7) is 10.1. The molecule has 0 aromatic carbocycles. The minimum absolute atomic E-state index is 0.168. The zero-order valence-corrected chi connectivity index (χ0v) is 14.7. The summed E-state index contributed by atoms with van der Waals surface area (Å²) >= 11 is 0. The first-order chi connectivity index (χ1) is 10.7. The third-order valence-electron chi connectivity index (χ3n) is 3.97. The van der Waals surface area contributed by atoms with Gasteiger partial charge in [0.05, 0.1) is 0 Å². The summed E-state index contributed by atoms with van der Waals surface area (Å²) in [5, 5.41) is 0. The minimum Gasteiger partial charge on any atom is -0.444 e. The van der Waals surface area contributed by atoms with Crippen LogP contribution in [0.4, 0.5) is 4.79 Å². The molecule has 6 nitrogen and oxygen atoms in total. The van der Waals surface area contributed by atoms with Gasteiger partial charge in [0.1, 0.15) is 11.6 Å². The number of amides is 2.